The SMILES string of the molecule is CC1(C)C(=O)Nc2cc(Nc3nc4cccc(N5CCC(O)CC5)n4n3)ccc21. The van der Waals surface area contributed by atoms with Crippen LogP contribution in [0.1, 0.15) is 32.3 Å². The zero-order chi connectivity index (χ0) is 20.2. The fourth-order valence-corrected chi connectivity index (χ4v) is 4.08. The van der Waals surface area contributed by atoms with E-state index >= 15 is 0 Å². The smallest absolute Gasteiger partial charge is 0.247 e. The van der Waals surface area contributed by atoms with E-state index in [0.717, 1.165) is 54.3 Å². The molecule has 1 fully saturated rings. The Morgan fingerprint density at radius 2 is 2.00 bits per heavy atom. The summed E-state index contributed by atoms with van der Waals surface area (Å²) in [4.78, 5) is 19.0. The molecule has 0 saturated carbocycles. The predicted octanol–water partition coefficient (Wildman–Crippen LogP) is 2.66. The summed E-state index contributed by atoms with van der Waals surface area (Å²) >= 11 is 0. The molecule has 4 heterocycles. The van der Waals surface area contributed by atoms with E-state index in [2.05, 4.69) is 25.6 Å². The van der Waals surface area contributed by atoms with Crippen LogP contribution in [0.15, 0.2) is 36.4 Å². The van der Waals surface area contributed by atoms with Gasteiger partial charge in [0, 0.05) is 24.5 Å². The number of benzene rings is 1. The second kappa shape index (κ2) is 6.45. The van der Waals surface area contributed by atoms with Gasteiger partial charge in [0.2, 0.25) is 11.9 Å². The van der Waals surface area contributed by atoms with Crippen molar-refractivity contribution in [3.63, 3.8) is 0 Å². The van der Waals surface area contributed by atoms with E-state index < -0.39 is 5.41 Å². The van der Waals surface area contributed by atoms with Crippen LogP contribution < -0.4 is 15.5 Å². The average molecular weight is 392 g/mol. The monoisotopic (exact) mass is 392 g/mol. The molecule has 2 aliphatic rings. The number of anilines is 4. The first-order chi connectivity index (χ1) is 13.9. The van der Waals surface area contributed by atoms with E-state index in [9.17, 15) is 9.90 Å². The second-order valence-electron chi connectivity index (χ2n) is 8.27. The highest BCUT2D eigenvalue weighted by Crippen LogP contribution is 2.39. The van der Waals surface area contributed by atoms with Gasteiger partial charge in [-0.3, -0.25) is 4.79 Å². The van der Waals surface area contributed by atoms with Crippen LogP contribution in [0.2, 0.25) is 0 Å². The van der Waals surface area contributed by atoms with E-state index in [1.54, 1.807) is 0 Å². The maximum absolute atomic E-state index is 12.2. The third kappa shape index (κ3) is 3.00. The first-order valence-corrected chi connectivity index (χ1v) is 9.93. The van der Waals surface area contributed by atoms with Crippen LogP contribution in [0, 0.1) is 0 Å². The Kier molecular flexibility index (Phi) is 3.99. The molecule has 29 heavy (non-hydrogen) atoms. The number of pyridine rings is 1. The van der Waals surface area contributed by atoms with Crippen molar-refractivity contribution in [2.45, 2.75) is 38.2 Å². The van der Waals surface area contributed by atoms with Crippen LogP contribution in [0.3, 0.4) is 0 Å². The van der Waals surface area contributed by atoms with Crippen molar-refractivity contribution < 1.29 is 9.90 Å². The molecule has 8 heteroatoms. The molecule has 1 amide bonds. The minimum absolute atomic E-state index is 0.00629. The lowest BCUT2D eigenvalue weighted by Gasteiger charge is -2.31. The minimum atomic E-state index is -0.522. The Bertz CT molecular complexity index is 1100. The standard InChI is InChI=1S/C21H24N6O2/c1-21(2)15-7-6-13(12-16(15)23-19(21)29)22-20-24-17-4-3-5-18(27(17)25-20)26-10-8-14(28)9-11-26/h3-7,12,14,28H,8-11H2,1-2H3,(H,22,25)(H,23,29). The topological polar surface area (TPSA) is 94.8 Å². The number of carbonyl (C=O) groups is 1. The fraction of sp³-hybridized carbons (Fsp3) is 0.381. The molecule has 0 bridgehead atoms. The molecular weight excluding hydrogens is 368 g/mol. The van der Waals surface area contributed by atoms with Crippen molar-refractivity contribution in [1.29, 1.82) is 0 Å². The molecule has 2 aromatic heterocycles. The van der Waals surface area contributed by atoms with Crippen LogP contribution >= 0.6 is 0 Å². The normalized spacial score (nSPS) is 18.7. The summed E-state index contributed by atoms with van der Waals surface area (Å²) in [7, 11) is 0. The molecule has 0 spiro atoms. The third-order valence-corrected chi connectivity index (χ3v) is 5.89. The largest absolute Gasteiger partial charge is 0.393 e. The highest BCUT2D eigenvalue weighted by Gasteiger charge is 2.38. The molecule has 0 aliphatic carbocycles. The highest BCUT2D eigenvalue weighted by molar-refractivity contribution is 6.06. The Labute approximate surface area is 168 Å². The maximum atomic E-state index is 12.2. The van der Waals surface area contributed by atoms with E-state index in [0.29, 0.717) is 5.95 Å². The van der Waals surface area contributed by atoms with Gasteiger partial charge in [-0.05, 0) is 56.5 Å². The zero-order valence-corrected chi connectivity index (χ0v) is 16.5. The van der Waals surface area contributed by atoms with Crippen LogP contribution in [0.4, 0.5) is 23.1 Å². The number of aliphatic hydroxyl groups is 1. The number of rotatable bonds is 3. The molecule has 3 N–H and O–H groups in total. The summed E-state index contributed by atoms with van der Waals surface area (Å²) in [5.41, 5.74) is 2.87. The zero-order valence-electron chi connectivity index (χ0n) is 16.5. The van der Waals surface area contributed by atoms with Crippen LogP contribution in [0.25, 0.3) is 5.65 Å². The Balaban J connectivity index is 1.43. The van der Waals surface area contributed by atoms with Crippen molar-refractivity contribution >= 4 is 34.7 Å². The summed E-state index contributed by atoms with van der Waals surface area (Å²) in [6, 6.07) is 11.7. The summed E-state index contributed by atoms with van der Waals surface area (Å²) in [6.45, 7) is 5.44. The van der Waals surface area contributed by atoms with Crippen molar-refractivity contribution in [1.82, 2.24) is 14.6 Å². The summed E-state index contributed by atoms with van der Waals surface area (Å²) in [5.74, 6) is 1.47. The number of aromatic nitrogens is 3. The molecule has 0 unspecified atom stereocenters. The van der Waals surface area contributed by atoms with Gasteiger partial charge in [0.15, 0.2) is 5.65 Å². The number of amides is 1. The summed E-state index contributed by atoms with van der Waals surface area (Å²) in [6.07, 6.45) is 1.30. The van der Waals surface area contributed by atoms with Crippen LogP contribution in [-0.4, -0.2) is 44.8 Å². The Morgan fingerprint density at radius 1 is 1.21 bits per heavy atom. The number of aliphatic hydroxyl groups excluding tert-OH is 1. The Morgan fingerprint density at radius 3 is 2.79 bits per heavy atom. The van der Waals surface area contributed by atoms with Gasteiger partial charge in [-0.1, -0.05) is 12.1 Å². The van der Waals surface area contributed by atoms with E-state index in [1.165, 1.54) is 0 Å². The highest BCUT2D eigenvalue weighted by atomic mass is 16.3. The van der Waals surface area contributed by atoms with Crippen LogP contribution in [0.5, 0.6) is 0 Å². The molecule has 150 valence electrons. The molecule has 2 aliphatic heterocycles. The molecule has 0 atom stereocenters. The van der Waals surface area contributed by atoms with Gasteiger partial charge in [0.25, 0.3) is 0 Å². The summed E-state index contributed by atoms with van der Waals surface area (Å²) < 4.78 is 1.83. The number of nitrogens with one attached hydrogen (secondary N) is 2. The molecule has 3 aromatic rings. The second-order valence-corrected chi connectivity index (χ2v) is 8.27. The number of nitrogens with zero attached hydrogens (tertiary/aromatic N) is 4. The number of hydrogen-bond donors (Lipinski definition) is 3. The van der Waals surface area contributed by atoms with E-state index in [4.69, 9.17) is 0 Å². The van der Waals surface area contributed by atoms with Gasteiger partial charge < -0.3 is 20.6 Å². The van der Waals surface area contributed by atoms with Gasteiger partial charge in [-0.15, -0.1) is 5.10 Å². The number of piperidine rings is 1. The summed E-state index contributed by atoms with van der Waals surface area (Å²) in [5, 5.41) is 20.6. The molecular formula is C21H24N6O2. The quantitative estimate of drug-likeness (QED) is 0.634. The first kappa shape index (κ1) is 17.9. The van der Waals surface area contributed by atoms with Crippen molar-refractivity contribution in [3.05, 3.63) is 42.0 Å². The van der Waals surface area contributed by atoms with Crippen molar-refractivity contribution in [2.24, 2.45) is 0 Å². The van der Waals surface area contributed by atoms with Gasteiger partial charge in [0.1, 0.15) is 5.82 Å². The predicted molar refractivity (Wildman–Crippen MR) is 112 cm³/mol. The van der Waals surface area contributed by atoms with Gasteiger partial charge >= 0.3 is 0 Å². The van der Waals surface area contributed by atoms with Gasteiger partial charge in [0.05, 0.1) is 11.5 Å². The number of hydrogen-bond acceptors (Lipinski definition) is 6. The molecule has 8 nitrogen and oxygen atoms in total. The van der Waals surface area contributed by atoms with Gasteiger partial charge in [-0.2, -0.15) is 9.50 Å². The molecule has 0 radical (unpaired) electrons. The fourth-order valence-electron chi connectivity index (χ4n) is 4.08. The first-order valence-electron chi connectivity index (χ1n) is 9.93. The molecule has 1 saturated heterocycles. The third-order valence-electron chi connectivity index (χ3n) is 5.89. The lowest BCUT2D eigenvalue weighted by atomic mass is 9.86. The number of fused-ring (bicyclic) bond motifs is 2. The Hall–Kier alpha value is -3.13. The molecule has 1 aromatic carbocycles. The molecule has 5 rings (SSSR count). The lowest BCUT2D eigenvalue weighted by molar-refractivity contribution is -0.119. The van der Waals surface area contributed by atoms with E-state index in [-0.39, 0.29) is 12.0 Å². The van der Waals surface area contributed by atoms with Crippen molar-refractivity contribution in [2.75, 3.05) is 28.6 Å². The minimum Gasteiger partial charge on any atom is -0.393 e. The average Bonchev–Trinajstić information content (AvgIpc) is 3.20. The van der Waals surface area contributed by atoms with E-state index in [1.807, 2.05) is 54.8 Å². The maximum Gasteiger partial charge on any atom is 0.247 e. The van der Waals surface area contributed by atoms with Gasteiger partial charge in [-0.25, -0.2) is 0 Å². The lowest BCUT2D eigenvalue weighted by Crippen LogP contribution is -2.36. The van der Waals surface area contributed by atoms with Crippen molar-refractivity contribution in [3.8, 4) is 0 Å². The van der Waals surface area contributed by atoms with Crippen LogP contribution in [-0.2, 0) is 10.2 Å². The number of carbonyl (C=O) groups excluding carboxylic acids is 1.